The van der Waals surface area contributed by atoms with E-state index >= 15 is 0 Å². The minimum absolute atomic E-state index is 0.767. The van der Waals surface area contributed by atoms with Crippen molar-refractivity contribution in [3.05, 3.63) is 58.8 Å². The van der Waals surface area contributed by atoms with Gasteiger partial charge in [-0.1, -0.05) is 77.2 Å². The highest BCUT2D eigenvalue weighted by Gasteiger charge is 2.17. The summed E-state index contributed by atoms with van der Waals surface area (Å²) in [6, 6.07) is 0.767. The average molecular weight is 427 g/mol. The minimum Gasteiger partial charge on any atom is -0.351 e. The van der Waals surface area contributed by atoms with Gasteiger partial charge in [0, 0.05) is 31.2 Å². The predicted molar refractivity (Wildman–Crippen MR) is 143 cm³/mol. The van der Waals surface area contributed by atoms with Gasteiger partial charge >= 0.3 is 0 Å². The topological polar surface area (TPSA) is 8.17 Å². The van der Waals surface area contributed by atoms with Gasteiger partial charge in [-0.25, -0.2) is 0 Å². The highest BCUT2D eigenvalue weighted by molar-refractivity contribution is 5.33. The van der Waals surface area contributed by atoms with Crippen molar-refractivity contribution in [2.45, 2.75) is 93.0 Å². The molecule has 1 aromatic rings. The Hall–Kier alpha value is -1.80. The van der Waals surface area contributed by atoms with Gasteiger partial charge in [-0.05, 0) is 75.8 Å². The Morgan fingerprint density at radius 2 is 1.90 bits per heavy atom. The highest BCUT2D eigenvalue weighted by Crippen LogP contribution is 2.16. The summed E-state index contributed by atoms with van der Waals surface area (Å²) in [4.78, 5) is 2.67. The zero-order valence-electron chi connectivity index (χ0n) is 21.9. The summed E-state index contributed by atoms with van der Waals surface area (Å²) in [6.45, 7) is 21.0. The molecule has 1 aliphatic heterocycles. The van der Waals surface area contributed by atoms with Crippen LogP contribution >= 0.6 is 0 Å². The van der Waals surface area contributed by atoms with Crippen molar-refractivity contribution in [1.82, 2.24) is 9.47 Å². The van der Waals surface area contributed by atoms with Crippen molar-refractivity contribution >= 4 is 12.2 Å². The van der Waals surface area contributed by atoms with Crippen LogP contribution in [0.4, 0.5) is 0 Å². The fourth-order valence-electron chi connectivity index (χ4n) is 4.12. The lowest BCUT2D eigenvalue weighted by Crippen LogP contribution is -2.39. The van der Waals surface area contributed by atoms with Crippen LogP contribution in [0.3, 0.4) is 0 Å². The largest absolute Gasteiger partial charge is 0.351 e. The van der Waals surface area contributed by atoms with Crippen LogP contribution in [0.5, 0.6) is 0 Å². The molecule has 0 amide bonds. The van der Waals surface area contributed by atoms with Crippen molar-refractivity contribution in [2.75, 3.05) is 13.1 Å². The van der Waals surface area contributed by atoms with Crippen LogP contribution in [0.25, 0.3) is 12.2 Å². The van der Waals surface area contributed by atoms with Crippen LogP contribution in [0.2, 0.25) is 0 Å². The van der Waals surface area contributed by atoms with E-state index in [9.17, 15) is 0 Å². The van der Waals surface area contributed by atoms with Crippen LogP contribution in [0.15, 0.2) is 42.7 Å². The standard InChI is InChI=1S/C18H30N2.C9H14.C2H6/c1-5-9-18-17(6-2)16(14-19(18)4)11-13-20-12-8-7-10-15(20)3;1-4-7-9(6-3)8-5-2;1-2/h6,9,14-15H,5,7-8,10-13H2,1-4H3;4-5,7-8H,1,6H2,2-3H3;1-2H3/b17-6-,18-9+;8-5-,9-7-;. The molecule has 2 nitrogen and oxygen atoms in total. The molecule has 2 heteroatoms. The van der Waals surface area contributed by atoms with Crippen LogP contribution in [0, 0.1) is 0 Å². The maximum Gasteiger partial charge on any atom is 0.0436 e. The van der Waals surface area contributed by atoms with Crippen LogP contribution in [-0.4, -0.2) is 28.6 Å². The molecule has 0 bridgehead atoms. The van der Waals surface area contributed by atoms with Gasteiger partial charge in [0.15, 0.2) is 0 Å². The lowest BCUT2D eigenvalue weighted by atomic mass is 10.0. The van der Waals surface area contributed by atoms with E-state index in [1.165, 1.54) is 60.5 Å². The fourth-order valence-corrected chi connectivity index (χ4v) is 4.12. The first kappa shape index (κ1) is 29.2. The quantitative estimate of drug-likeness (QED) is 0.449. The Morgan fingerprint density at radius 3 is 2.42 bits per heavy atom. The van der Waals surface area contributed by atoms with Crippen molar-refractivity contribution in [3.63, 3.8) is 0 Å². The molecule has 31 heavy (non-hydrogen) atoms. The van der Waals surface area contributed by atoms with Crippen LogP contribution in [-0.2, 0) is 13.5 Å². The second kappa shape index (κ2) is 17.8. The van der Waals surface area contributed by atoms with E-state index in [0.717, 1.165) is 18.9 Å². The van der Waals surface area contributed by atoms with E-state index in [4.69, 9.17) is 0 Å². The highest BCUT2D eigenvalue weighted by atomic mass is 15.2. The molecule has 2 heterocycles. The molecule has 0 N–H and O–H groups in total. The average Bonchev–Trinajstić information content (AvgIpc) is 3.09. The molecule has 0 aliphatic carbocycles. The van der Waals surface area contributed by atoms with Gasteiger partial charge in [0.2, 0.25) is 0 Å². The zero-order valence-corrected chi connectivity index (χ0v) is 21.9. The summed E-state index contributed by atoms with van der Waals surface area (Å²) in [5, 5.41) is 2.83. The van der Waals surface area contributed by atoms with Gasteiger partial charge in [0.1, 0.15) is 0 Å². The number of nitrogens with zero attached hydrogens (tertiary/aromatic N) is 2. The summed E-state index contributed by atoms with van der Waals surface area (Å²) < 4.78 is 2.29. The van der Waals surface area contributed by atoms with Gasteiger partial charge in [-0.15, -0.1) is 0 Å². The molecule has 0 saturated carbocycles. The van der Waals surface area contributed by atoms with E-state index in [-0.39, 0.29) is 0 Å². The Kier molecular flexibility index (Phi) is 16.8. The monoisotopic (exact) mass is 426 g/mol. The molecular formula is C29H50N2. The number of likely N-dealkylation sites (tertiary alicyclic amines) is 1. The molecule has 1 atom stereocenters. The summed E-state index contributed by atoms with van der Waals surface area (Å²) in [7, 11) is 2.17. The third kappa shape index (κ3) is 10.4. The summed E-state index contributed by atoms with van der Waals surface area (Å²) in [5.41, 5.74) is 2.83. The van der Waals surface area contributed by atoms with E-state index < -0.39 is 0 Å². The maximum atomic E-state index is 3.62. The van der Waals surface area contributed by atoms with Crippen molar-refractivity contribution < 1.29 is 0 Å². The second-order valence-electron chi connectivity index (χ2n) is 7.93. The molecule has 176 valence electrons. The summed E-state index contributed by atoms with van der Waals surface area (Å²) in [5.74, 6) is 0. The van der Waals surface area contributed by atoms with Crippen molar-refractivity contribution in [2.24, 2.45) is 7.05 Å². The van der Waals surface area contributed by atoms with Gasteiger partial charge < -0.3 is 9.47 Å². The summed E-state index contributed by atoms with van der Waals surface area (Å²) in [6.07, 6.45) is 22.4. The lowest BCUT2D eigenvalue weighted by molar-refractivity contribution is 0.163. The third-order valence-corrected chi connectivity index (χ3v) is 5.77. The normalized spacial score (nSPS) is 18.5. The Morgan fingerprint density at radius 1 is 1.19 bits per heavy atom. The molecule has 2 rings (SSSR count). The lowest BCUT2D eigenvalue weighted by Gasteiger charge is -2.33. The first-order chi connectivity index (χ1) is 15.0. The Labute approximate surface area is 193 Å². The molecular weight excluding hydrogens is 376 g/mol. The van der Waals surface area contributed by atoms with Crippen LogP contribution in [0.1, 0.15) is 86.1 Å². The van der Waals surface area contributed by atoms with Gasteiger partial charge in [0.25, 0.3) is 0 Å². The molecule has 0 radical (unpaired) electrons. The molecule has 0 spiro atoms. The third-order valence-electron chi connectivity index (χ3n) is 5.77. The SMILES string of the molecule is C/C=c1/c(CCN2CCCCC2C)cn(C)/c1=C/CC.C=C/C=C(\C=C/C)CC.CC. The second-order valence-corrected chi connectivity index (χ2v) is 7.93. The Bertz CT molecular complexity index is 776. The molecule has 1 unspecified atom stereocenters. The number of aryl methyl sites for hydroxylation is 1. The number of hydrogen-bond donors (Lipinski definition) is 0. The molecule has 1 fully saturated rings. The predicted octanol–water partition coefficient (Wildman–Crippen LogP) is 6.54. The number of rotatable bonds is 7. The van der Waals surface area contributed by atoms with Crippen LogP contribution < -0.4 is 10.6 Å². The zero-order chi connectivity index (χ0) is 23.6. The first-order valence-electron chi connectivity index (χ1n) is 12.5. The molecule has 1 aliphatic rings. The molecule has 0 aromatic carbocycles. The van der Waals surface area contributed by atoms with E-state index in [0.29, 0.717) is 0 Å². The van der Waals surface area contributed by atoms with Crippen molar-refractivity contribution in [1.29, 1.82) is 0 Å². The smallest absolute Gasteiger partial charge is 0.0436 e. The maximum absolute atomic E-state index is 3.62. The summed E-state index contributed by atoms with van der Waals surface area (Å²) >= 11 is 0. The van der Waals surface area contributed by atoms with Gasteiger partial charge in [-0.2, -0.15) is 0 Å². The number of hydrogen-bond acceptors (Lipinski definition) is 1. The van der Waals surface area contributed by atoms with E-state index in [1.54, 1.807) is 0 Å². The minimum atomic E-state index is 0.767. The van der Waals surface area contributed by atoms with Crippen molar-refractivity contribution in [3.8, 4) is 0 Å². The van der Waals surface area contributed by atoms with Gasteiger partial charge in [0.05, 0.1) is 0 Å². The molecule has 1 aromatic heterocycles. The first-order valence-corrected chi connectivity index (χ1v) is 12.5. The number of allylic oxidation sites excluding steroid dienone is 5. The van der Waals surface area contributed by atoms with E-state index in [1.807, 2.05) is 39.0 Å². The number of aromatic nitrogens is 1. The fraction of sp³-hybridized carbons (Fsp3) is 0.586. The van der Waals surface area contributed by atoms with E-state index in [2.05, 4.69) is 75.2 Å². The van der Waals surface area contributed by atoms with Gasteiger partial charge in [-0.3, -0.25) is 0 Å². The molecule has 1 saturated heterocycles. The number of piperidine rings is 1. The Balaban J connectivity index is 0.000000692.